The highest BCUT2D eigenvalue weighted by Crippen LogP contribution is 2.49. The van der Waals surface area contributed by atoms with Crippen molar-refractivity contribution in [1.29, 1.82) is 0 Å². The van der Waals surface area contributed by atoms with Crippen LogP contribution in [-0.4, -0.2) is 21.7 Å². The first kappa shape index (κ1) is 15.1. The minimum absolute atomic E-state index is 0.0697. The number of aromatic nitrogens is 2. The Kier molecular flexibility index (Phi) is 4.12. The van der Waals surface area contributed by atoms with Crippen LogP contribution in [0, 0.1) is 24.7 Å². The molecule has 2 aliphatic rings. The second kappa shape index (κ2) is 5.75. The Labute approximate surface area is 134 Å². The Morgan fingerprint density at radius 3 is 2.71 bits per heavy atom. The molecule has 1 aromatic rings. The Morgan fingerprint density at radius 1 is 1.43 bits per heavy atom. The van der Waals surface area contributed by atoms with E-state index in [0.717, 1.165) is 22.0 Å². The van der Waals surface area contributed by atoms with Crippen LogP contribution < -0.4 is 5.32 Å². The maximum atomic E-state index is 12.5. The first-order chi connectivity index (χ1) is 9.95. The van der Waals surface area contributed by atoms with Gasteiger partial charge in [0.1, 0.15) is 6.04 Å². The third kappa shape index (κ3) is 2.89. The molecule has 5 atom stereocenters. The van der Waals surface area contributed by atoms with Crippen LogP contribution in [0.15, 0.2) is 10.7 Å². The van der Waals surface area contributed by atoms with Gasteiger partial charge in [0.25, 0.3) is 0 Å². The molecule has 2 aliphatic carbocycles. The van der Waals surface area contributed by atoms with E-state index in [0.29, 0.717) is 5.92 Å². The number of aryl methyl sites for hydroxylation is 1. The molecule has 1 N–H and O–H groups in total. The summed E-state index contributed by atoms with van der Waals surface area (Å²) in [6.45, 7) is 6.01. The Balaban J connectivity index is 1.60. The van der Waals surface area contributed by atoms with Crippen LogP contribution in [0.2, 0.25) is 0 Å². The Hall–Kier alpha value is -0.840. The molecule has 0 saturated heterocycles. The summed E-state index contributed by atoms with van der Waals surface area (Å²) >= 11 is 3.45. The molecule has 1 amide bonds. The molecule has 2 saturated carbocycles. The van der Waals surface area contributed by atoms with Crippen LogP contribution in [0.1, 0.15) is 51.3 Å². The van der Waals surface area contributed by atoms with Crippen molar-refractivity contribution in [3.63, 3.8) is 0 Å². The van der Waals surface area contributed by atoms with Gasteiger partial charge in [0.15, 0.2) is 0 Å². The quantitative estimate of drug-likeness (QED) is 0.900. The fraction of sp³-hybridized carbons (Fsp3) is 0.750. The van der Waals surface area contributed by atoms with Gasteiger partial charge in [-0.05, 0) is 73.7 Å². The monoisotopic (exact) mass is 353 g/mol. The van der Waals surface area contributed by atoms with Gasteiger partial charge in [0.2, 0.25) is 5.91 Å². The number of fused-ring (bicyclic) bond motifs is 2. The third-order valence-corrected chi connectivity index (χ3v) is 6.22. The van der Waals surface area contributed by atoms with Gasteiger partial charge in [-0.1, -0.05) is 6.42 Å². The van der Waals surface area contributed by atoms with Gasteiger partial charge < -0.3 is 5.32 Å². The van der Waals surface area contributed by atoms with Crippen molar-refractivity contribution in [3.05, 3.63) is 16.4 Å². The summed E-state index contributed by atoms with van der Waals surface area (Å²) in [4.78, 5) is 12.5. The summed E-state index contributed by atoms with van der Waals surface area (Å²) in [6.07, 6.45) is 7.32. The number of nitrogens with one attached hydrogen (secondary N) is 1. The van der Waals surface area contributed by atoms with Crippen molar-refractivity contribution in [2.45, 2.75) is 58.5 Å². The Morgan fingerprint density at radius 2 is 2.19 bits per heavy atom. The molecule has 0 spiro atoms. The first-order valence-electron chi connectivity index (χ1n) is 7.97. The molecule has 1 aromatic heterocycles. The molecule has 5 heteroatoms. The summed E-state index contributed by atoms with van der Waals surface area (Å²) in [7, 11) is 0. The number of nitrogens with zero attached hydrogens (tertiary/aromatic N) is 2. The molecule has 0 radical (unpaired) electrons. The summed E-state index contributed by atoms with van der Waals surface area (Å²) in [5.74, 6) is 2.49. The number of rotatable bonds is 4. The molecular formula is C16H24BrN3O. The maximum absolute atomic E-state index is 12.5. The molecule has 0 unspecified atom stereocenters. The molecule has 21 heavy (non-hydrogen) atoms. The zero-order chi connectivity index (χ0) is 15.1. The van der Waals surface area contributed by atoms with Gasteiger partial charge in [0, 0.05) is 12.2 Å². The molecule has 1 heterocycles. The smallest absolute Gasteiger partial charge is 0.244 e. The van der Waals surface area contributed by atoms with Crippen molar-refractivity contribution < 1.29 is 4.79 Å². The van der Waals surface area contributed by atoms with Gasteiger partial charge >= 0.3 is 0 Å². The topological polar surface area (TPSA) is 46.9 Å². The normalized spacial score (nSPS) is 30.4. The zero-order valence-electron chi connectivity index (χ0n) is 13.0. The number of carbonyl (C=O) groups is 1. The van der Waals surface area contributed by atoms with E-state index < -0.39 is 0 Å². The molecule has 0 aromatic carbocycles. The Bertz CT molecular complexity index is 522. The van der Waals surface area contributed by atoms with E-state index in [1.54, 1.807) is 4.68 Å². The van der Waals surface area contributed by atoms with Gasteiger partial charge in [-0.3, -0.25) is 9.48 Å². The molecule has 2 bridgehead atoms. The van der Waals surface area contributed by atoms with Crippen LogP contribution in [0.3, 0.4) is 0 Å². The predicted molar refractivity (Wildman–Crippen MR) is 85.9 cm³/mol. The summed E-state index contributed by atoms with van der Waals surface area (Å²) in [5.41, 5.74) is 0.913. The first-order valence-corrected chi connectivity index (χ1v) is 8.76. The highest BCUT2D eigenvalue weighted by Gasteiger charge is 2.42. The van der Waals surface area contributed by atoms with E-state index >= 15 is 0 Å². The van der Waals surface area contributed by atoms with Gasteiger partial charge in [-0.25, -0.2) is 0 Å². The molecule has 116 valence electrons. The standard InChI is InChI=1S/C16H24BrN3O/c1-9(14-7-12-4-5-13(14)6-12)18-16(21)11(3)20-8-15(17)10(2)19-20/h8-9,11-14H,4-7H2,1-3H3,(H,18,21)/t9-,11+,12-,13-,14+/m0/s1. The lowest BCUT2D eigenvalue weighted by Gasteiger charge is -2.29. The van der Waals surface area contributed by atoms with Crippen LogP contribution in [-0.2, 0) is 4.79 Å². The average molecular weight is 354 g/mol. The van der Waals surface area contributed by atoms with Gasteiger partial charge in [-0.2, -0.15) is 5.10 Å². The van der Waals surface area contributed by atoms with E-state index in [1.165, 1.54) is 25.7 Å². The molecule has 2 fully saturated rings. The van der Waals surface area contributed by atoms with Crippen molar-refractivity contribution in [2.24, 2.45) is 17.8 Å². The minimum atomic E-state index is -0.268. The van der Waals surface area contributed by atoms with Crippen LogP contribution in [0.25, 0.3) is 0 Å². The number of carbonyl (C=O) groups excluding carboxylic acids is 1. The number of hydrogen-bond acceptors (Lipinski definition) is 2. The van der Waals surface area contributed by atoms with Gasteiger partial charge in [0.05, 0.1) is 10.2 Å². The number of amides is 1. The predicted octanol–water partition coefficient (Wildman–Crippen LogP) is 3.46. The van der Waals surface area contributed by atoms with E-state index in [4.69, 9.17) is 0 Å². The minimum Gasteiger partial charge on any atom is -0.352 e. The van der Waals surface area contributed by atoms with Crippen LogP contribution >= 0.6 is 15.9 Å². The van der Waals surface area contributed by atoms with Crippen LogP contribution in [0.5, 0.6) is 0 Å². The van der Waals surface area contributed by atoms with Gasteiger partial charge in [-0.15, -0.1) is 0 Å². The highest BCUT2D eigenvalue weighted by atomic mass is 79.9. The number of halogens is 1. The zero-order valence-corrected chi connectivity index (χ0v) is 14.6. The summed E-state index contributed by atoms with van der Waals surface area (Å²) in [5, 5.41) is 7.60. The average Bonchev–Trinajstić information content (AvgIpc) is 3.14. The lowest BCUT2D eigenvalue weighted by atomic mass is 9.84. The third-order valence-electron chi connectivity index (χ3n) is 5.44. The lowest BCUT2D eigenvalue weighted by Crippen LogP contribution is -2.43. The summed E-state index contributed by atoms with van der Waals surface area (Å²) < 4.78 is 2.69. The fourth-order valence-electron chi connectivity index (χ4n) is 4.14. The SMILES string of the molecule is Cc1nn([C@H](C)C(=O)N[C@@H](C)[C@H]2C[C@H]3CC[C@H]2C3)cc1Br. The van der Waals surface area contributed by atoms with E-state index in [-0.39, 0.29) is 18.0 Å². The van der Waals surface area contributed by atoms with Crippen molar-refractivity contribution in [1.82, 2.24) is 15.1 Å². The molecule has 3 rings (SSSR count). The summed E-state index contributed by atoms with van der Waals surface area (Å²) in [6, 6.07) is 0.00592. The van der Waals surface area contributed by atoms with E-state index in [1.807, 2.05) is 20.0 Å². The largest absolute Gasteiger partial charge is 0.352 e. The lowest BCUT2D eigenvalue weighted by molar-refractivity contribution is -0.125. The fourth-order valence-corrected chi connectivity index (χ4v) is 4.43. The second-order valence-corrected chi connectivity index (χ2v) is 7.71. The second-order valence-electron chi connectivity index (χ2n) is 6.85. The number of hydrogen-bond donors (Lipinski definition) is 1. The highest BCUT2D eigenvalue weighted by molar-refractivity contribution is 9.10. The molecule has 4 nitrogen and oxygen atoms in total. The molecule has 0 aliphatic heterocycles. The maximum Gasteiger partial charge on any atom is 0.244 e. The van der Waals surface area contributed by atoms with Crippen LogP contribution in [0.4, 0.5) is 0 Å². The molecular weight excluding hydrogens is 330 g/mol. The van der Waals surface area contributed by atoms with E-state index in [9.17, 15) is 4.79 Å². The van der Waals surface area contributed by atoms with E-state index in [2.05, 4.69) is 33.3 Å². The van der Waals surface area contributed by atoms with Crippen molar-refractivity contribution >= 4 is 21.8 Å². The van der Waals surface area contributed by atoms with Crippen molar-refractivity contribution in [3.8, 4) is 0 Å². The van der Waals surface area contributed by atoms with Crippen molar-refractivity contribution in [2.75, 3.05) is 0 Å².